The molecule has 0 N–H and O–H groups in total. The van der Waals surface area contributed by atoms with E-state index in [-0.39, 0.29) is 17.0 Å². The first-order valence-electron chi connectivity index (χ1n) is 10.2. The van der Waals surface area contributed by atoms with Crippen molar-refractivity contribution >= 4 is 46.1 Å². The Morgan fingerprint density at radius 1 is 1.32 bits per heavy atom. The van der Waals surface area contributed by atoms with Gasteiger partial charge in [-0.25, -0.2) is 0 Å². The van der Waals surface area contributed by atoms with E-state index >= 15 is 0 Å². The van der Waals surface area contributed by atoms with Crippen LogP contribution in [0.4, 0.5) is 5.82 Å². The molecule has 0 unspecified atom stereocenters. The van der Waals surface area contributed by atoms with Crippen LogP contribution in [0.3, 0.4) is 0 Å². The molecule has 1 aromatic rings. The van der Waals surface area contributed by atoms with Gasteiger partial charge in [-0.1, -0.05) is 24.0 Å². The summed E-state index contributed by atoms with van der Waals surface area (Å²) in [4.78, 5) is 30.2. The molecule has 10 heteroatoms. The number of thiocarbonyl (C=S) groups is 1. The second kappa shape index (κ2) is 10.4. The van der Waals surface area contributed by atoms with E-state index in [0.29, 0.717) is 72.8 Å². The first-order valence-corrected chi connectivity index (χ1v) is 11.4. The zero-order chi connectivity index (χ0) is 22.5. The highest BCUT2D eigenvalue weighted by molar-refractivity contribution is 8.26. The summed E-state index contributed by atoms with van der Waals surface area (Å²) in [5, 5.41) is 9.63. The number of anilines is 1. The molecule has 0 aliphatic carbocycles. The number of thioether (sulfide) groups is 1. The summed E-state index contributed by atoms with van der Waals surface area (Å²) in [5.41, 5.74) is 1.06. The van der Waals surface area contributed by atoms with Gasteiger partial charge in [-0.2, -0.15) is 5.26 Å². The van der Waals surface area contributed by atoms with Crippen LogP contribution in [0.25, 0.3) is 6.08 Å². The maximum Gasteiger partial charge on any atom is 0.270 e. The van der Waals surface area contributed by atoms with Gasteiger partial charge in [-0.05, 0) is 31.9 Å². The molecule has 3 heterocycles. The van der Waals surface area contributed by atoms with Crippen molar-refractivity contribution in [2.24, 2.45) is 0 Å². The number of amides is 1. The fraction of sp³-hybridized carbons (Fsp3) is 0.524. The maximum absolute atomic E-state index is 13.0. The van der Waals surface area contributed by atoms with Crippen LogP contribution in [-0.4, -0.2) is 66.3 Å². The topological polar surface area (TPSA) is 87.8 Å². The predicted molar refractivity (Wildman–Crippen MR) is 125 cm³/mol. The summed E-state index contributed by atoms with van der Waals surface area (Å²) in [6.07, 6.45) is 2.47. The summed E-state index contributed by atoms with van der Waals surface area (Å²) in [5.74, 6) is 0.558. The van der Waals surface area contributed by atoms with Gasteiger partial charge < -0.3 is 14.4 Å². The maximum atomic E-state index is 13.0. The summed E-state index contributed by atoms with van der Waals surface area (Å²) in [6, 6.07) is 2.05. The van der Waals surface area contributed by atoms with E-state index in [9.17, 15) is 14.9 Å². The summed E-state index contributed by atoms with van der Waals surface area (Å²) in [6.45, 7) is 7.45. The van der Waals surface area contributed by atoms with Crippen molar-refractivity contribution in [1.29, 1.82) is 5.26 Å². The molecule has 0 atom stereocenters. The Balaban J connectivity index is 2.11. The smallest absolute Gasteiger partial charge is 0.270 e. The van der Waals surface area contributed by atoms with E-state index in [2.05, 4.69) is 4.90 Å². The minimum atomic E-state index is -0.312. The number of pyridine rings is 1. The van der Waals surface area contributed by atoms with Gasteiger partial charge in [0.15, 0.2) is 0 Å². The van der Waals surface area contributed by atoms with Gasteiger partial charge in [-0.15, -0.1) is 0 Å². The zero-order valence-electron chi connectivity index (χ0n) is 18.0. The van der Waals surface area contributed by atoms with Gasteiger partial charge in [0.25, 0.3) is 11.5 Å². The molecule has 0 radical (unpaired) electrons. The van der Waals surface area contributed by atoms with Crippen LogP contribution in [0.15, 0.2) is 9.70 Å². The summed E-state index contributed by atoms with van der Waals surface area (Å²) in [7, 11) is 1.62. The number of nitriles is 1. The first kappa shape index (κ1) is 23.5. The van der Waals surface area contributed by atoms with Gasteiger partial charge in [-0.3, -0.25) is 19.1 Å². The van der Waals surface area contributed by atoms with Crippen LogP contribution in [0.5, 0.6) is 0 Å². The molecule has 2 fully saturated rings. The lowest BCUT2D eigenvalue weighted by molar-refractivity contribution is -0.122. The number of morpholine rings is 1. The molecule has 1 aromatic heterocycles. The van der Waals surface area contributed by atoms with E-state index in [4.69, 9.17) is 21.7 Å². The van der Waals surface area contributed by atoms with Gasteiger partial charge in [0, 0.05) is 45.5 Å². The van der Waals surface area contributed by atoms with Crippen molar-refractivity contribution in [3.63, 3.8) is 0 Å². The average molecular weight is 463 g/mol. The Labute approximate surface area is 191 Å². The summed E-state index contributed by atoms with van der Waals surface area (Å²) < 4.78 is 12.7. The third kappa shape index (κ3) is 4.70. The molecule has 0 spiro atoms. The van der Waals surface area contributed by atoms with Gasteiger partial charge in [0.1, 0.15) is 21.8 Å². The Kier molecular flexibility index (Phi) is 7.89. The number of methoxy groups -OCH3 is 1. The number of hydrogen-bond acceptors (Lipinski definition) is 8. The largest absolute Gasteiger partial charge is 0.385 e. The minimum Gasteiger partial charge on any atom is -0.385 e. The van der Waals surface area contributed by atoms with E-state index in [1.54, 1.807) is 29.6 Å². The number of ether oxygens (including phenoxy) is 2. The Morgan fingerprint density at radius 2 is 2.03 bits per heavy atom. The van der Waals surface area contributed by atoms with Crippen molar-refractivity contribution < 1.29 is 14.3 Å². The van der Waals surface area contributed by atoms with E-state index in [1.165, 1.54) is 11.8 Å². The fourth-order valence-corrected chi connectivity index (χ4v) is 5.03. The SMILES string of the molecule is CCn1c(N2CCOCC2)c(/C=C2\SC(=S)N(CCCOC)C2=O)c(C)c(C#N)c1=O. The third-order valence-corrected chi connectivity index (χ3v) is 6.73. The molecule has 2 aliphatic heterocycles. The van der Waals surface area contributed by atoms with Gasteiger partial charge in [0.05, 0.1) is 18.1 Å². The van der Waals surface area contributed by atoms with Crippen molar-refractivity contribution in [2.75, 3.05) is 51.5 Å². The molecule has 31 heavy (non-hydrogen) atoms. The summed E-state index contributed by atoms with van der Waals surface area (Å²) >= 11 is 6.67. The zero-order valence-corrected chi connectivity index (χ0v) is 19.6. The standard InChI is InChI=1S/C21H26N4O4S2/c1-4-24-18(23-7-10-29-11-8-23)15(14(2)16(13-22)19(24)26)12-17-20(27)25(21(30)31-17)6-5-9-28-3/h12H,4-11H2,1-3H3/b17-12-. The van der Waals surface area contributed by atoms with Gasteiger partial charge >= 0.3 is 0 Å². The van der Waals surface area contributed by atoms with Crippen LogP contribution < -0.4 is 10.5 Å². The fourth-order valence-electron chi connectivity index (χ4n) is 3.74. The van der Waals surface area contributed by atoms with Crippen LogP contribution >= 0.6 is 24.0 Å². The highest BCUT2D eigenvalue weighted by atomic mass is 32.2. The number of hydrogen-bond donors (Lipinski definition) is 0. The van der Waals surface area contributed by atoms with E-state index in [1.807, 2.05) is 13.0 Å². The quantitative estimate of drug-likeness (QED) is 0.346. The van der Waals surface area contributed by atoms with E-state index < -0.39 is 0 Å². The van der Waals surface area contributed by atoms with Crippen LogP contribution in [-0.2, 0) is 20.8 Å². The Bertz CT molecular complexity index is 1010. The van der Waals surface area contributed by atoms with Crippen molar-refractivity contribution in [1.82, 2.24) is 9.47 Å². The molecule has 2 aliphatic rings. The molecular weight excluding hydrogens is 436 g/mol. The van der Waals surface area contributed by atoms with Crippen molar-refractivity contribution in [3.05, 3.63) is 31.9 Å². The monoisotopic (exact) mass is 462 g/mol. The second-order valence-electron chi connectivity index (χ2n) is 7.18. The molecule has 0 bridgehead atoms. The second-order valence-corrected chi connectivity index (χ2v) is 8.85. The third-order valence-electron chi connectivity index (χ3n) is 5.35. The van der Waals surface area contributed by atoms with E-state index in [0.717, 1.165) is 5.82 Å². The molecular formula is C21H26N4O4S2. The molecule has 1 amide bonds. The molecule has 8 nitrogen and oxygen atoms in total. The molecule has 0 saturated carbocycles. The lowest BCUT2D eigenvalue weighted by Crippen LogP contribution is -2.41. The minimum absolute atomic E-state index is 0.0979. The number of rotatable bonds is 7. The lowest BCUT2D eigenvalue weighted by Gasteiger charge is -2.33. The highest BCUT2D eigenvalue weighted by Gasteiger charge is 2.33. The number of nitrogens with zero attached hydrogens (tertiary/aromatic N) is 4. The molecule has 3 rings (SSSR count). The average Bonchev–Trinajstić information content (AvgIpc) is 3.03. The van der Waals surface area contributed by atoms with Crippen molar-refractivity contribution in [3.8, 4) is 6.07 Å². The van der Waals surface area contributed by atoms with Gasteiger partial charge in [0.2, 0.25) is 0 Å². The number of aromatic nitrogens is 1. The van der Waals surface area contributed by atoms with Crippen LogP contribution in [0, 0.1) is 18.3 Å². The first-order chi connectivity index (χ1) is 14.9. The highest BCUT2D eigenvalue weighted by Crippen LogP contribution is 2.36. The Hall–Kier alpha value is -2.19. The number of carbonyl (C=O) groups excluding carboxylic acids is 1. The molecule has 2 saturated heterocycles. The van der Waals surface area contributed by atoms with Crippen molar-refractivity contribution in [2.45, 2.75) is 26.8 Å². The normalized spacial score (nSPS) is 18.2. The lowest BCUT2D eigenvalue weighted by atomic mass is 10.0. The van der Waals surface area contributed by atoms with Crippen LogP contribution in [0.1, 0.15) is 30.0 Å². The van der Waals surface area contributed by atoms with Crippen LogP contribution in [0.2, 0.25) is 0 Å². The predicted octanol–water partition coefficient (Wildman–Crippen LogP) is 2.12. The Morgan fingerprint density at radius 3 is 2.65 bits per heavy atom. The molecule has 0 aromatic carbocycles. The number of carbonyl (C=O) groups is 1. The molecule has 166 valence electrons.